The molecule has 0 unspecified atom stereocenters. The van der Waals surface area contributed by atoms with Crippen LogP contribution in [0.2, 0.25) is 0 Å². The van der Waals surface area contributed by atoms with Gasteiger partial charge in [0.25, 0.3) is 11.1 Å². The monoisotopic (exact) mass is 322 g/mol. The van der Waals surface area contributed by atoms with E-state index in [1.807, 2.05) is 44.2 Å². The topological polar surface area (TPSA) is 93.8 Å². The summed E-state index contributed by atoms with van der Waals surface area (Å²) in [7, 11) is 0. The minimum Gasteiger partial charge on any atom is -0.379 e. The Bertz CT molecular complexity index is 988. The highest BCUT2D eigenvalue weighted by atomic mass is 16.1. The van der Waals surface area contributed by atoms with E-state index in [-0.39, 0.29) is 17.4 Å². The van der Waals surface area contributed by atoms with Crippen LogP contribution in [0.25, 0.3) is 22.5 Å². The van der Waals surface area contributed by atoms with Crippen molar-refractivity contribution in [2.45, 2.75) is 19.9 Å². The number of aromatic nitrogens is 3. The van der Waals surface area contributed by atoms with Gasteiger partial charge in [-0.05, 0) is 19.9 Å². The molecule has 0 radical (unpaired) electrons. The Labute approximate surface area is 138 Å². The zero-order valence-electron chi connectivity index (χ0n) is 13.5. The summed E-state index contributed by atoms with van der Waals surface area (Å²) in [6.07, 6.45) is 1.72. The minimum atomic E-state index is -0.452. The number of pyridine rings is 1. The summed E-state index contributed by atoms with van der Waals surface area (Å²) < 4.78 is 1.61. The first-order valence-corrected chi connectivity index (χ1v) is 7.65. The predicted octanol–water partition coefficient (Wildman–Crippen LogP) is 2.43. The molecule has 3 N–H and O–H groups in total. The molecule has 0 spiro atoms. The quantitative estimate of drug-likeness (QED) is 0.774. The highest BCUT2D eigenvalue weighted by Gasteiger charge is 2.14. The first-order valence-electron chi connectivity index (χ1n) is 7.65. The molecule has 1 aromatic carbocycles. The molecule has 0 bridgehead atoms. The fourth-order valence-electron chi connectivity index (χ4n) is 2.53. The van der Waals surface area contributed by atoms with Crippen LogP contribution in [0.1, 0.15) is 19.9 Å². The van der Waals surface area contributed by atoms with Gasteiger partial charge in [0.15, 0.2) is 5.82 Å². The van der Waals surface area contributed by atoms with E-state index in [0.717, 1.165) is 5.56 Å². The van der Waals surface area contributed by atoms with Crippen LogP contribution >= 0.6 is 0 Å². The first-order chi connectivity index (χ1) is 11.5. The van der Waals surface area contributed by atoms with Crippen molar-refractivity contribution in [2.24, 2.45) is 0 Å². The standard InChI is InChI=1S/C18H18N4O2/c1-11(2)22-10-13(8-9-14(22)23)16-15(12-6-4-3-5-7-12)20-17(19)18(24)21-16/h3-11H,1-2H3,(H2,19,20)(H,21,24). The number of benzene rings is 1. The number of nitrogens with zero attached hydrogens (tertiary/aromatic N) is 2. The molecule has 0 saturated carbocycles. The highest BCUT2D eigenvalue weighted by molar-refractivity contribution is 5.78. The Morgan fingerprint density at radius 1 is 1.04 bits per heavy atom. The van der Waals surface area contributed by atoms with E-state index in [0.29, 0.717) is 17.0 Å². The van der Waals surface area contributed by atoms with Crippen molar-refractivity contribution in [3.63, 3.8) is 0 Å². The number of nitrogen functional groups attached to an aromatic ring is 1. The molecular weight excluding hydrogens is 304 g/mol. The van der Waals surface area contributed by atoms with Crippen LogP contribution in [-0.2, 0) is 0 Å². The van der Waals surface area contributed by atoms with Gasteiger partial charge >= 0.3 is 0 Å². The number of nitrogens with one attached hydrogen (secondary N) is 1. The van der Waals surface area contributed by atoms with Crippen LogP contribution in [0.3, 0.4) is 0 Å². The van der Waals surface area contributed by atoms with E-state index in [2.05, 4.69) is 9.97 Å². The third kappa shape index (κ3) is 2.86. The lowest BCUT2D eigenvalue weighted by molar-refractivity contribution is 0.579. The average Bonchev–Trinajstić information content (AvgIpc) is 2.58. The van der Waals surface area contributed by atoms with Crippen molar-refractivity contribution in [2.75, 3.05) is 5.73 Å². The average molecular weight is 322 g/mol. The van der Waals surface area contributed by atoms with Gasteiger partial charge in [0, 0.05) is 29.4 Å². The van der Waals surface area contributed by atoms with Crippen molar-refractivity contribution in [3.05, 3.63) is 69.4 Å². The zero-order chi connectivity index (χ0) is 17.3. The molecule has 0 saturated heterocycles. The van der Waals surface area contributed by atoms with Crippen LogP contribution < -0.4 is 16.9 Å². The van der Waals surface area contributed by atoms with Crippen molar-refractivity contribution in [1.82, 2.24) is 14.5 Å². The molecule has 2 aromatic heterocycles. The van der Waals surface area contributed by atoms with Gasteiger partial charge in [0.05, 0.1) is 11.4 Å². The smallest absolute Gasteiger partial charge is 0.290 e. The van der Waals surface area contributed by atoms with E-state index in [1.54, 1.807) is 16.8 Å². The van der Waals surface area contributed by atoms with Crippen molar-refractivity contribution in [3.8, 4) is 22.5 Å². The van der Waals surface area contributed by atoms with Crippen LogP contribution in [-0.4, -0.2) is 14.5 Å². The van der Waals surface area contributed by atoms with Crippen molar-refractivity contribution >= 4 is 5.82 Å². The molecular formula is C18H18N4O2. The summed E-state index contributed by atoms with van der Waals surface area (Å²) >= 11 is 0. The van der Waals surface area contributed by atoms with Gasteiger partial charge in [0.1, 0.15) is 0 Å². The molecule has 3 aromatic rings. The van der Waals surface area contributed by atoms with Crippen LogP contribution in [0.5, 0.6) is 0 Å². The molecule has 0 aliphatic carbocycles. The molecule has 0 fully saturated rings. The van der Waals surface area contributed by atoms with Gasteiger partial charge in [-0.25, -0.2) is 4.98 Å². The number of aromatic amines is 1. The molecule has 0 aliphatic rings. The molecule has 122 valence electrons. The maximum Gasteiger partial charge on any atom is 0.290 e. The number of nitrogens with two attached hydrogens (primary N) is 1. The van der Waals surface area contributed by atoms with E-state index >= 15 is 0 Å². The van der Waals surface area contributed by atoms with E-state index in [9.17, 15) is 9.59 Å². The summed E-state index contributed by atoms with van der Waals surface area (Å²) in [6.45, 7) is 3.85. The van der Waals surface area contributed by atoms with Gasteiger partial charge in [-0.15, -0.1) is 0 Å². The second kappa shape index (κ2) is 6.16. The van der Waals surface area contributed by atoms with E-state index in [4.69, 9.17) is 5.73 Å². The highest BCUT2D eigenvalue weighted by Crippen LogP contribution is 2.27. The molecule has 6 heteroatoms. The van der Waals surface area contributed by atoms with Crippen LogP contribution in [0.4, 0.5) is 5.82 Å². The van der Waals surface area contributed by atoms with Gasteiger partial charge < -0.3 is 15.3 Å². The van der Waals surface area contributed by atoms with Gasteiger partial charge in [-0.3, -0.25) is 9.59 Å². The van der Waals surface area contributed by atoms with Gasteiger partial charge in [-0.2, -0.15) is 0 Å². The Kier molecular flexibility index (Phi) is 4.04. The Balaban J connectivity index is 2.29. The lowest BCUT2D eigenvalue weighted by Gasteiger charge is -2.14. The zero-order valence-corrected chi connectivity index (χ0v) is 13.5. The summed E-state index contributed by atoms with van der Waals surface area (Å²) in [4.78, 5) is 31.0. The lowest BCUT2D eigenvalue weighted by atomic mass is 10.1. The minimum absolute atomic E-state index is 0.00564. The second-order valence-corrected chi connectivity index (χ2v) is 5.80. The fraction of sp³-hybridized carbons (Fsp3) is 0.167. The second-order valence-electron chi connectivity index (χ2n) is 5.80. The summed E-state index contributed by atoms with van der Waals surface area (Å²) in [6, 6.07) is 12.6. The largest absolute Gasteiger partial charge is 0.379 e. The maximum atomic E-state index is 12.0. The fourth-order valence-corrected chi connectivity index (χ4v) is 2.53. The summed E-state index contributed by atoms with van der Waals surface area (Å²) in [5.41, 5.74) is 7.79. The number of H-pyrrole nitrogens is 1. The van der Waals surface area contributed by atoms with Gasteiger partial charge in [-0.1, -0.05) is 30.3 Å². The van der Waals surface area contributed by atoms with Gasteiger partial charge in [0.2, 0.25) is 0 Å². The Hall–Kier alpha value is -3.15. The normalized spacial score (nSPS) is 11.0. The SMILES string of the molecule is CC(C)n1cc(-c2[nH]c(=O)c(N)nc2-c2ccccc2)ccc1=O. The number of anilines is 1. The maximum absolute atomic E-state index is 12.0. The molecule has 6 nitrogen and oxygen atoms in total. The molecule has 3 rings (SSSR count). The molecule has 0 aliphatic heterocycles. The summed E-state index contributed by atoms with van der Waals surface area (Å²) in [5.74, 6) is -0.0882. The molecule has 24 heavy (non-hydrogen) atoms. The van der Waals surface area contributed by atoms with Crippen molar-refractivity contribution in [1.29, 1.82) is 0 Å². The number of hydrogen-bond donors (Lipinski definition) is 2. The van der Waals surface area contributed by atoms with Crippen molar-refractivity contribution < 1.29 is 0 Å². The third-order valence-corrected chi connectivity index (χ3v) is 3.77. The molecule has 0 atom stereocenters. The molecule has 2 heterocycles. The van der Waals surface area contributed by atoms with Crippen LogP contribution in [0, 0.1) is 0 Å². The van der Waals surface area contributed by atoms with E-state index in [1.165, 1.54) is 6.07 Å². The Morgan fingerprint density at radius 3 is 2.42 bits per heavy atom. The lowest BCUT2D eigenvalue weighted by Crippen LogP contribution is -2.21. The predicted molar refractivity (Wildman–Crippen MR) is 94.8 cm³/mol. The third-order valence-electron chi connectivity index (χ3n) is 3.77. The van der Waals surface area contributed by atoms with Crippen LogP contribution in [0.15, 0.2) is 58.3 Å². The Morgan fingerprint density at radius 2 is 1.75 bits per heavy atom. The van der Waals surface area contributed by atoms with E-state index < -0.39 is 5.56 Å². The number of rotatable bonds is 3. The number of hydrogen-bond acceptors (Lipinski definition) is 4. The molecule has 0 amide bonds. The summed E-state index contributed by atoms with van der Waals surface area (Å²) in [5, 5.41) is 0. The first kappa shape index (κ1) is 15.7.